The Labute approximate surface area is 89.0 Å². The molecule has 0 aromatic rings. The van der Waals surface area contributed by atoms with E-state index in [0.29, 0.717) is 6.54 Å². The van der Waals surface area contributed by atoms with Crippen molar-refractivity contribution in [2.75, 3.05) is 20.2 Å². The second-order valence-corrected chi connectivity index (χ2v) is 3.28. The molecular weight excluding hydrogens is 200 g/mol. The van der Waals surface area contributed by atoms with Gasteiger partial charge < -0.3 is 20.5 Å². The highest BCUT2D eigenvalue weighted by atomic mass is 16.5. The molecule has 3 N–H and O–H groups in total. The van der Waals surface area contributed by atoms with Crippen LogP contribution in [0.2, 0.25) is 0 Å². The van der Waals surface area contributed by atoms with E-state index in [2.05, 4.69) is 15.4 Å². The van der Waals surface area contributed by atoms with Gasteiger partial charge in [0.05, 0.1) is 13.2 Å². The van der Waals surface area contributed by atoms with E-state index in [1.807, 2.05) is 0 Å². The zero-order valence-electron chi connectivity index (χ0n) is 9.24. The highest BCUT2D eigenvalue weighted by Gasteiger charge is 2.19. The average molecular weight is 218 g/mol. The molecular formula is C9H18N2O4. The smallest absolute Gasteiger partial charge is 0.329 e. The van der Waals surface area contributed by atoms with E-state index in [1.54, 1.807) is 6.92 Å². The van der Waals surface area contributed by atoms with Crippen LogP contribution in [-0.4, -0.2) is 49.3 Å². The average Bonchev–Trinajstić information content (AvgIpc) is 2.14. The number of amides is 1. The molecule has 0 aliphatic rings. The third-order valence-electron chi connectivity index (χ3n) is 1.65. The van der Waals surface area contributed by atoms with Crippen LogP contribution in [0.25, 0.3) is 0 Å². The molecule has 0 saturated heterocycles. The zero-order valence-corrected chi connectivity index (χ0v) is 9.24. The Balaban J connectivity index is 4.01. The summed E-state index contributed by atoms with van der Waals surface area (Å²) >= 11 is 0. The summed E-state index contributed by atoms with van der Waals surface area (Å²) in [6, 6.07) is -0.716. The van der Waals surface area contributed by atoms with Gasteiger partial charge in [0.2, 0.25) is 5.91 Å². The lowest BCUT2D eigenvalue weighted by atomic mass is 10.3. The molecule has 6 heteroatoms. The molecule has 0 bridgehead atoms. The van der Waals surface area contributed by atoms with Crippen molar-refractivity contribution in [3.63, 3.8) is 0 Å². The normalized spacial score (nSPS) is 14.1. The van der Waals surface area contributed by atoms with Crippen molar-refractivity contribution in [3.8, 4) is 0 Å². The fourth-order valence-electron chi connectivity index (χ4n) is 1.02. The molecule has 0 spiro atoms. The molecule has 0 aromatic heterocycles. The molecule has 88 valence electrons. The summed E-state index contributed by atoms with van der Waals surface area (Å²) in [7, 11) is 1.26. The number of ether oxygens (including phenoxy) is 1. The quantitative estimate of drug-likeness (QED) is 0.479. The van der Waals surface area contributed by atoms with Crippen molar-refractivity contribution in [3.05, 3.63) is 0 Å². The monoisotopic (exact) mass is 218 g/mol. The highest BCUT2D eigenvalue weighted by Crippen LogP contribution is 1.87. The number of esters is 1. The summed E-state index contributed by atoms with van der Waals surface area (Å²) in [4.78, 5) is 22.0. The first-order chi connectivity index (χ1) is 6.97. The van der Waals surface area contributed by atoms with Gasteiger partial charge in [-0.2, -0.15) is 0 Å². The van der Waals surface area contributed by atoms with Gasteiger partial charge in [0.25, 0.3) is 0 Å². The van der Waals surface area contributed by atoms with E-state index < -0.39 is 18.1 Å². The van der Waals surface area contributed by atoms with Crippen molar-refractivity contribution < 1.29 is 19.4 Å². The van der Waals surface area contributed by atoms with E-state index in [0.717, 1.165) is 0 Å². The molecule has 6 nitrogen and oxygen atoms in total. The number of carbonyl (C=O) groups is 2. The predicted octanol–water partition coefficient (Wildman–Crippen LogP) is -1.37. The molecule has 0 heterocycles. The van der Waals surface area contributed by atoms with Gasteiger partial charge in [-0.05, 0) is 6.92 Å². The van der Waals surface area contributed by atoms with Gasteiger partial charge in [0.15, 0.2) is 0 Å². The minimum Gasteiger partial charge on any atom is -0.467 e. The van der Waals surface area contributed by atoms with Gasteiger partial charge in [0, 0.05) is 20.0 Å². The van der Waals surface area contributed by atoms with Crippen molar-refractivity contribution in [1.82, 2.24) is 10.6 Å². The molecule has 2 atom stereocenters. The zero-order chi connectivity index (χ0) is 11.8. The Hall–Kier alpha value is -1.14. The minimum atomic E-state index is -0.716. The van der Waals surface area contributed by atoms with Crippen molar-refractivity contribution >= 4 is 11.9 Å². The number of methoxy groups -OCH3 is 1. The number of hydrogen-bond donors (Lipinski definition) is 3. The van der Waals surface area contributed by atoms with E-state index >= 15 is 0 Å². The molecule has 1 amide bonds. The van der Waals surface area contributed by atoms with E-state index in [-0.39, 0.29) is 12.5 Å². The fraction of sp³-hybridized carbons (Fsp3) is 0.778. The van der Waals surface area contributed by atoms with Crippen LogP contribution in [0.1, 0.15) is 13.8 Å². The summed E-state index contributed by atoms with van der Waals surface area (Å²) in [5.41, 5.74) is 0. The summed E-state index contributed by atoms with van der Waals surface area (Å²) in [5.74, 6) is -0.812. The van der Waals surface area contributed by atoms with Gasteiger partial charge in [-0.3, -0.25) is 4.79 Å². The van der Waals surface area contributed by atoms with E-state index in [1.165, 1.54) is 14.0 Å². The molecule has 0 aliphatic carbocycles. The van der Waals surface area contributed by atoms with Crippen LogP contribution >= 0.6 is 0 Å². The van der Waals surface area contributed by atoms with Crippen molar-refractivity contribution in [1.29, 1.82) is 0 Å². The lowest BCUT2D eigenvalue weighted by Gasteiger charge is -2.16. The van der Waals surface area contributed by atoms with Crippen LogP contribution in [-0.2, 0) is 14.3 Å². The lowest BCUT2D eigenvalue weighted by Crippen LogP contribution is -2.48. The maximum atomic E-state index is 11.2. The van der Waals surface area contributed by atoms with Crippen LogP contribution < -0.4 is 10.6 Å². The summed E-state index contributed by atoms with van der Waals surface area (Å²) < 4.78 is 4.51. The Morgan fingerprint density at radius 2 is 2.00 bits per heavy atom. The third kappa shape index (κ3) is 6.87. The second-order valence-electron chi connectivity index (χ2n) is 3.28. The Bertz CT molecular complexity index is 218. The molecule has 0 radical (unpaired) electrons. The standard InChI is InChI=1S/C9H18N2O4/c1-6(12)4-10-5-8(9(14)15-3)11-7(2)13/h6,8,10,12H,4-5H2,1-3H3,(H,11,13). The molecule has 2 unspecified atom stereocenters. The fourth-order valence-corrected chi connectivity index (χ4v) is 1.02. The number of aliphatic hydroxyl groups excluding tert-OH is 1. The molecule has 0 aliphatic heterocycles. The van der Waals surface area contributed by atoms with Crippen molar-refractivity contribution in [2.24, 2.45) is 0 Å². The molecule has 15 heavy (non-hydrogen) atoms. The Morgan fingerprint density at radius 1 is 1.40 bits per heavy atom. The first-order valence-electron chi connectivity index (χ1n) is 4.71. The van der Waals surface area contributed by atoms with Gasteiger partial charge in [-0.25, -0.2) is 4.79 Å². The number of aliphatic hydroxyl groups is 1. The number of nitrogens with one attached hydrogen (secondary N) is 2. The van der Waals surface area contributed by atoms with Crippen LogP contribution in [0.5, 0.6) is 0 Å². The van der Waals surface area contributed by atoms with Crippen LogP contribution in [0, 0.1) is 0 Å². The Morgan fingerprint density at radius 3 is 2.40 bits per heavy atom. The number of carbonyl (C=O) groups excluding carboxylic acids is 2. The Kier molecular flexibility index (Phi) is 6.64. The SMILES string of the molecule is COC(=O)C(CNCC(C)O)NC(C)=O. The molecule has 0 aromatic carbocycles. The van der Waals surface area contributed by atoms with Crippen LogP contribution in [0.3, 0.4) is 0 Å². The maximum absolute atomic E-state index is 11.2. The lowest BCUT2D eigenvalue weighted by molar-refractivity contribution is -0.144. The van der Waals surface area contributed by atoms with Gasteiger partial charge in [0.1, 0.15) is 6.04 Å². The summed E-state index contributed by atoms with van der Waals surface area (Å²) in [5, 5.41) is 14.3. The third-order valence-corrected chi connectivity index (χ3v) is 1.65. The van der Waals surface area contributed by atoms with Crippen molar-refractivity contribution in [2.45, 2.75) is 26.0 Å². The molecule has 0 rings (SSSR count). The maximum Gasteiger partial charge on any atom is 0.329 e. The van der Waals surface area contributed by atoms with E-state index in [9.17, 15) is 9.59 Å². The first-order valence-corrected chi connectivity index (χ1v) is 4.71. The molecule has 0 saturated carbocycles. The van der Waals surface area contributed by atoms with Gasteiger partial charge in [-0.1, -0.05) is 0 Å². The predicted molar refractivity (Wildman–Crippen MR) is 54.2 cm³/mol. The summed E-state index contributed by atoms with van der Waals surface area (Å²) in [6.07, 6.45) is -0.499. The topological polar surface area (TPSA) is 87.7 Å². The largest absolute Gasteiger partial charge is 0.467 e. The highest BCUT2D eigenvalue weighted by molar-refractivity contribution is 5.83. The van der Waals surface area contributed by atoms with Gasteiger partial charge in [-0.15, -0.1) is 0 Å². The first kappa shape index (κ1) is 13.9. The van der Waals surface area contributed by atoms with Gasteiger partial charge >= 0.3 is 5.97 Å². The minimum absolute atomic E-state index is 0.233. The van der Waals surface area contributed by atoms with E-state index in [4.69, 9.17) is 5.11 Å². The number of rotatable bonds is 6. The summed E-state index contributed by atoms with van der Waals surface area (Å²) in [6.45, 7) is 3.54. The number of hydrogen-bond acceptors (Lipinski definition) is 5. The molecule has 0 fully saturated rings. The van der Waals surface area contributed by atoms with Crippen LogP contribution in [0.4, 0.5) is 0 Å². The van der Waals surface area contributed by atoms with Crippen LogP contribution in [0.15, 0.2) is 0 Å². The second kappa shape index (κ2) is 7.19.